The Hall–Kier alpha value is -1.26. The van der Waals surface area contributed by atoms with E-state index in [0.29, 0.717) is 12.3 Å². The van der Waals surface area contributed by atoms with E-state index in [4.69, 9.17) is 16.7 Å². The summed E-state index contributed by atoms with van der Waals surface area (Å²) in [6.07, 6.45) is 1.51. The fourth-order valence-electron chi connectivity index (χ4n) is 2.16. The summed E-state index contributed by atoms with van der Waals surface area (Å²) in [6, 6.07) is 7.74. The van der Waals surface area contributed by atoms with Gasteiger partial charge in [0.05, 0.1) is 0 Å². The minimum absolute atomic E-state index is 0.0200. The molecule has 5 heteroatoms. The van der Waals surface area contributed by atoms with Gasteiger partial charge in [-0.25, -0.2) is 4.79 Å². The van der Waals surface area contributed by atoms with Crippen molar-refractivity contribution in [2.24, 2.45) is 0 Å². The molecule has 0 aromatic heterocycles. The van der Waals surface area contributed by atoms with Crippen molar-refractivity contribution in [2.75, 3.05) is 6.61 Å². The van der Waals surface area contributed by atoms with E-state index >= 15 is 0 Å². The predicted molar refractivity (Wildman–Crippen MR) is 75.4 cm³/mol. The molecule has 3 atom stereocenters. The van der Waals surface area contributed by atoms with Gasteiger partial charge in [-0.2, -0.15) is 0 Å². The molecule has 3 N–H and O–H groups in total. The molecule has 0 saturated heterocycles. The third-order valence-electron chi connectivity index (χ3n) is 3.32. The van der Waals surface area contributed by atoms with Gasteiger partial charge in [0.1, 0.15) is 0 Å². The highest BCUT2D eigenvalue weighted by molar-refractivity contribution is 6.30. The Labute approximate surface area is 118 Å². The van der Waals surface area contributed by atoms with Crippen molar-refractivity contribution >= 4 is 17.6 Å². The lowest BCUT2D eigenvalue weighted by molar-refractivity contribution is 0.230. The molecule has 1 aliphatic rings. The van der Waals surface area contributed by atoms with Gasteiger partial charge >= 0.3 is 6.03 Å². The molecule has 2 rings (SSSR count). The summed E-state index contributed by atoms with van der Waals surface area (Å²) < 4.78 is 0. The minimum atomic E-state index is -0.171. The number of hydrogen-bond donors (Lipinski definition) is 3. The van der Waals surface area contributed by atoms with Gasteiger partial charge in [0.25, 0.3) is 0 Å². The molecule has 1 aliphatic carbocycles. The highest BCUT2D eigenvalue weighted by Crippen LogP contribution is 2.41. The first-order chi connectivity index (χ1) is 9.10. The van der Waals surface area contributed by atoms with Crippen molar-refractivity contribution in [1.29, 1.82) is 0 Å². The van der Waals surface area contributed by atoms with E-state index in [0.717, 1.165) is 11.4 Å². The Kier molecular flexibility index (Phi) is 4.66. The Bertz CT molecular complexity index is 453. The van der Waals surface area contributed by atoms with E-state index in [1.54, 1.807) is 0 Å². The molecular formula is C14H19ClN2O2. The van der Waals surface area contributed by atoms with Crippen molar-refractivity contribution in [3.8, 4) is 0 Å². The van der Waals surface area contributed by atoms with Gasteiger partial charge in [0, 0.05) is 29.6 Å². The number of urea groups is 1. The van der Waals surface area contributed by atoms with E-state index in [9.17, 15) is 4.79 Å². The molecule has 0 bridgehead atoms. The Morgan fingerprint density at radius 3 is 3.05 bits per heavy atom. The van der Waals surface area contributed by atoms with Crippen LogP contribution in [-0.4, -0.2) is 29.8 Å². The SMILES string of the molecule is C[C@H](CCO)NC(=O)NC1CC1c1cccc(Cl)c1. The summed E-state index contributed by atoms with van der Waals surface area (Å²) in [5.41, 5.74) is 1.17. The first-order valence-electron chi connectivity index (χ1n) is 6.53. The first-order valence-corrected chi connectivity index (χ1v) is 6.91. The molecule has 0 heterocycles. The molecule has 1 saturated carbocycles. The minimum Gasteiger partial charge on any atom is -0.396 e. The number of rotatable bonds is 5. The average molecular weight is 283 g/mol. The third kappa shape index (κ3) is 4.11. The van der Waals surface area contributed by atoms with Crippen LogP contribution in [0.2, 0.25) is 5.02 Å². The smallest absolute Gasteiger partial charge is 0.315 e. The number of halogens is 1. The molecule has 1 aromatic carbocycles. The van der Waals surface area contributed by atoms with Crippen LogP contribution in [0.5, 0.6) is 0 Å². The normalized spacial score (nSPS) is 22.7. The Morgan fingerprint density at radius 2 is 2.37 bits per heavy atom. The van der Waals surface area contributed by atoms with Crippen molar-refractivity contribution in [3.05, 3.63) is 34.9 Å². The van der Waals surface area contributed by atoms with Crippen molar-refractivity contribution in [2.45, 2.75) is 37.8 Å². The molecule has 0 spiro atoms. The molecule has 0 aliphatic heterocycles. The van der Waals surface area contributed by atoms with Gasteiger partial charge in [0.2, 0.25) is 0 Å². The van der Waals surface area contributed by atoms with Gasteiger partial charge in [-0.1, -0.05) is 23.7 Å². The number of hydrogen-bond acceptors (Lipinski definition) is 2. The topological polar surface area (TPSA) is 61.4 Å². The van der Waals surface area contributed by atoms with Crippen LogP contribution in [-0.2, 0) is 0 Å². The molecule has 1 aromatic rings. The number of carbonyl (C=O) groups is 1. The third-order valence-corrected chi connectivity index (χ3v) is 3.56. The number of aliphatic hydroxyl groups excluding tert-OH is 1. The number of amides is 2. The summed E-state index contributed by atoms with van der Waals surface area (Å²) in [6.45, 7) is 1.95. The standard InChI is InChI=1S/C14H19ClN2O2/c1-9(5-6-18)16-14(19)17-13-8-12(13)10-3-2-4-11(15)7-10/h2-4,7,9,12-13,18H,5-6,8H2,1H3,(H2,16,17,19)/t9-,12?,13?/m1/s1. The van der Waals surface area contributed by atoms with Crippen LogP contribution < -0.4 is 10.6 Å². The van der Waals surface area contributed by atoms with Crippen molar-refractivity contribution < 1.29 is 9.90 Å². The molecule has 2 amide bonds. The maximum atomic E-state index is 11.7. The van der Waals surface area contributed by atoms with Crippen LogP contribution in [0.4, 0.5) is 4.79 Å². The number of benzene rings is 1. The zero-order valence-corrected chi connectivity index (χ0v) is 11.7. The lowest BCUT2D eigenvalue weighted by atomic mass is 10.1. The van der Waals surface area contributed by atoms with Gasteiger partial charge in [-0.3, -0.25) is 0 Å². The monoisotopic (exact) mass is 282 g/mol. The quantitative estimate of drug-likeness (QED) is 0.776. The van der Waals surface area contributed by atoms with Crippen LogP contribution in [0.15, 0.2) is 24.3 Å². The fourth-order valence-corrected chi connectivity index (χ4v) is 2.36. The zero-order chi connectivity index (χ0) is 13.8. The largest absolute Gasteiger partial charge is 0.396 e. The predicted octanol–water partition coefficient (Wildman–Crippen LogP) is 2.27. The summed E-state index contributed by atoms with van der Waals surface area (Å²) >= 11 is 5.95. The van der Waals surface area contributed by atoms with Crippen LogP contribution >= 0.6 is 11.6 Å². The van der Waals surface area contributed by atoms with Crippen molar-refractivity contribution in [3.63, 3.8) is 0 Å². The summed E-state index contributed by atoms with van der Waals surface area (Å²) in [7, 11) is 0. The zero-order valence-electron chi connectivity index (χ0n) is 10.9. The van der Waals surface area contributed by atoms with Crippen LogP contribution in [0.3, 0.4) is 0 Å². The van der Waals surface area contributed by atoms with E-state index in [-0.39, 0.29) is 24.7 Å². The molecule has 1 fully saturated rings. The highest BCUT2D eigenvalue weighted by Gasteiger charge is 2.39. The molecule has 4 nitrogen and oxygen atoms in total. The lowest BCUT2D eigenvalue weighted by Crippen LogP contribution is -2.42. The van der Waals surface area contributed by atoms with E-state index < -0.39 is 0 Å². The molecule has 0 radical (unpaired) electrons. The molecule has 19 heavy (non-hydrogen) atoms. The first kappa shape index (κ1) is 14.2. The molecule has 2 unspecified atom stereocenters. The second-order valence-electron chi connectivity index (χ2n) is 5.03. The van der Waals surface area contributed by atoms with E-state index in [2.05, 4.69) is 10.6 Å². The highest BCUT2D eigenvalue weighted by atomic mass is 35.5. The van der Waals surface area contributed by atoms with Crippen LogP contribution in [0.1, 0.15) is 31.2 Å². The van der Waals surface area contributed by atoms with Gasteiger partial charge < -0.3 is 15.7 Å². The maximum Gasteiger partial charge on any atom is 0.315 e. The van der Waals surface area contributed by atoms with Crippen LogP contribution in [0.25, 0.3) is 0 Å². The second-order valence-corrected chi connectivity index (χ2v) is 5.47. The second kappa shape index (κ2) is 6.26. The van der Waals surface area contributed by atoms with Gasteiger partial charge in [0.15, 0.2) is 0 Å². The summed E-state index contributed by atoms with van der Waals surface area (Å²) in [5, 5.41) is 15.2. The molecular weight excluding hydrogens is 264 g/mol. The number of aliphatic hydroxyl groups is 1. The van der Waals surface area contributed by atoms with E-state index in [1.807, 2.05) is 31.2 Å². The lowest BCUT2D eigenvalue weighted by Gasteiger charge is -2.13. The number of nitrogens with one attached hydrogen (secondary N) is 2. The van der Waals surface area contributed by atoms with Crippen molar-refractivity contribution in [1.82, 2.24) is 10.6 Å². The van der Waals surface area contributed by atoms with Gasteiger partial charge in [-0.15, -0.1) is 0 Å². The average Bonchev–Trinajstić information content (AvgIpc) is 3.08. The Balaban J connectivity index is 1.79. The van der Waals surface area contributed by atoms with Crippen LogP contribution in [0, 0.1) is 0 Å². The number of carbonyl (C=O) groups excluding carboxylic acids is 1. The summed E-state index contributed by atoms with van der Waals surface area (Å²) in [4.78, 5) is 11.7. The Morgan fingerprint density at radius 1 is 1.58 bits per heavy atom. The maximum absolute atomic E-state index is 11.7. The molecule has 104 valence electrons. The summed E-state index contributed by atoms with van der Waals surface area (Å²) in [5.74, 6) is 0.359. The van der Waals surface area contributed by atoms with Gasteiger partial charge in [-0.05, 0) is 37.5 Å². The van der Waals surface area contributed by atoms with E-state index in [1.165, 1.54) is 5.56 Å². The fraction of sp³-hybridized carbons (Fsp3) is 0.500.